The highest BCUT2D eigenvalue weighted by Crippen LogP contribution is 2.15. The molecule has 2 atom stereocenters. The van der Waals surface area contributed by atoms with Gasteiger partial charge in [-0.25, -0.2) is 0 Å². The van der Waals surface area contributed by atoms with E-state index in [-0.39, 0.29) is 12.5 Å². The minimum absolute atomic E-state index is 0.161. The molecule has 1 aromatic rings. The van der Waals surface area contributed by atoms with Crippen molar-refractivity contribution >= 4 is 11.8 Å². The molecule has 1 aromatic carbocycles. The van der Waals surface area contributed by atoms with Crippen LogP contribution in [0.15, 0.2) is 30.3 Å². The number of nitrogens with zero attached hydrogens (tertiary/aromatic N) is 1. The Morgan fingerprint density at radius 3 is 2.63 bits per heavy atom. The molecular formula is C13H17N3O3. The predicted octanol–water partition coefficient (Wildman–Crippen LogP) is -0.601. The number of rotatable bonds is 3. The Balaban J connectivity index is 2.05. The molecule has 0 radical (unpaired) electrons. The number of nitrogens with two attached hydrogens (primary N) is 2. The molecule has 6 heteroatoms. The fourth-order valence-electron chi connectivity index (χ4n) is 2.02. The summed E-state index contributed by atoms with van der Waals surface area (Å²) in [6.45, 7) is 0.874. The summed E-state index contributed by atoms with van der Waals surface area (Å²) >= 11 is 0. The van der Waals surface area contributed by atoms with Crippen molar-refractivity contribution in [2.45, 2.75) is 12.1 Å². The maximum absolute atomic E-state index is 12.3. The van der Waals surface area contributed by atoms with Crippen molar-refractivity contribution < 1.29 is 14.3 Å². The average Bonchev–Trinajstić information content (AvgIpc) is 2.46. The number of carbonyl (C=O) groups is 2. The van der Waals surface area contributed by atoms with Crippen LogP contribution in [0.25, 0.3) is 0 Å². The third-order valence-corrected chi connectivity index (χ3v) is 3.12. The van der Waals surface area contributed by atoms with E-state index < -0.39 is 18.1 Å². The van der Waals surface area contributed by atoms with Gasteiger partial charge in [0.15, 0.2) is 6.10 Å². The Labute approximate surface area is 111 Å². The van der Waals surface area contributed by atoms with Gasteiger partial charge in [0, 0.05) is 6.54 Å². The van der Waals surface area contributed by atoms with Gasteiger partial charge in [0.1, 0.15) is 6.04 Å². The zero-order chi connectivity index (χ0) is 13.8. The summed E-state index contributed by atoms with van der Waals surface area (Å²) in [6, 6.07) is 8.39. The van der Waals surface area contributed by atoms with Crippen molar-refractivity contribution in [3.8, 4) is 0 Å². The Morgan fingerprint density at radius 2 is 2.00 bits per heavy atom. The molecule has 0 saturated carbocycles. The second-order valence-electron chi connectivity index (χ2n) is 4.43. The fourth-order valence-corrected chi connectivity index (χ4v) is 2.02. The van der Waals surface area contributed by atoms with Gasteiger partial charge < -0.3 is 21.1 Å². The van der Waals surface area contributed by atoms with E-state index in [1.807, 2.05) is 18.2 Å². The van der Waals surface area contributed by atoms with Crippen molar-refractivity contribution in [2.24, 2.45) is 11.5 Å². The Bertz CT molecular complexity index is 463. The number of carbonyl (C=O) groups excluding carboxylic acids is 2. The maximum Gasteiger partial charge on any atom is 0.248 e. The van der Waals surface area contributed by atoms with Crippen LogP contribution in [-0.4, -0.2) is 42.5 Å². The zero-order valence-corrected chi connectivity index (χ0v) is 10.5. The average molecular weight is 263 g/mol. The molecule has 102 valence electrons. The minimum atomic E-state index is -0.749. The Morgan fingerprint density at radius 1 is 1.32 bits per heavy atom. The lowest BCUT2D eigenvalue weighted by molar-refractivity contribution is -0.146. The number of primary amides is 1. The molecule has 0 bridgehead atoms. The molecule has 2 unspecified atom stereocenters. The molecule has 19 heavy (non-hydrogen) atoms. The fraction of sp³-hybridized carbons (Fsp3) is 0.385. The molecular weight excluding hydrogens is 246 g/mol. The SMILES string of the molecule is NC(=O)C1CN(C(=O)C(N)c2ccccc2)CCO1. The first-order valence-electron chi connectivity index (χ1n) is 6.10. The molecule has 1 saturated heterocycles. The van der Waals surface area contributed by atoms with Gasteiger partial charge in [0.2, 0.25) is 11.8 Å². The number of hydrogen-bond acceptors (Lipinski definition) is 4. The summed E-state index contributed by atoms with van der Waals surface area (Å²) in [4.78, 5) is 24.9. The molecule has 1 aliphatic heterocycles. The first-order chi connectivity index (χ1) is 9.09. The van der Waals surface area contributed by atoms with Crippen LogP contribution < -0.4 is 11.5 Å². The van der Waals surface area contributed by atoms with E-state index in [9.17, 15) is 9.59 Å². The van der Waals surface area contributed by atoms with E-state index in [2.05, 4.69) is 0 Å². The number of morpholine rings is 1. The Hall–Kier alpha value is -1.92. The van der Waals surface area contributed by atoms with Crippen LogP contribution in [0.4, 0.5) is 0 Å². The molecule has 0 aromatic heterocycles. The van der Waals surface area contributed by atoms with Crippen molar-refractivity contribution in [3.63, 3.8) is 0 Å². The van der Waals surface area contributed by atoms with Gasteiger partial charge in [0.05, 0.1) is 13.2 Å². The second-order valence-corrected chi connectivity index (χ2v) is 4.43. The van der Waals surface area contributed by atoms with Gasteiger partial charge in [-0.2, -0.15) is 0 Å². The number of benzene rings is 1. The van der Waals surface area contributed by atoms with Crippen molar-refractivity contribution in [1.29, 1.82) is 0 Å². The van der Waals surface area contributed by atoms with Crippen LogP contribution in [-0.2, 0) is 14.3 Å². The molecule has 2 rings (SSSR count). The van der Waals surface area contributed by atoms with Gasteiger partial charge in [-0.05, 0) is 5.56 Å². The van der Waals surface area contributed by atoms with Crippen molar-refractivity contribution in [3.05, 3.63) is 35.9 Å². The van der Waals surface area contributed by atoms with E-state index in [4.69, 9.17) is 16.2 Å². The maximum atomic E-state index is 12.3. The van der Waals surface area contributed by atoms with E-state index >= 15 is 0 Å². The summed E-state index contributed by atoms with van der Waals surface area (Å²) in [5, 5.41) is 0. The van der Waals surface area contributed by atoms with Crippen LogP contribution in [0.2, 0.25) is 0 Å². The van der Waals surface area contributed by atoms with Gasteiger partial charge in [-0.1, -0.05) is 30.3 Å². The highest BCUT2D eigenvalue weighted by atomic mass is 16.5. The molecule has 2 amide bonds. The van der Waals surface area contributed by atoms with Crippen LogP contribution in [0.5, 0.6) is 0 Å². The van der Waals surface area contributed by atoms with E-state index in [1.165, 1.54) is 4.90 Å². The topological polar surface area (TPSA) is 98.7 Å². The third kappa shape index (κ3) is 3.10. The van der Waals surface area contributed by atoms with E-state index in [0.29, 0.717) is 13.2 Å². The molecule has 4 N–H and O–H groups in total. The minimum Gasteiger partial charge on any atom is -0.367 e. The first-order valence-corrected chi connectivity index (χ1v) is 6.10. The summed E-state index contributed by atoms with van der Waals surface area (Å²) in [5.41, 5.74) is 11.9. The largest absolute Gasteiger partial charge is 0.367 e. The highest BCUT2D eigenvalue weighted by molar-refractivity contribution is 5.85. The van der Waals surface area contributed by atoms with E-state index in [1.54, 1.807) is 12.1 Å². The molecule has 6 nitrogen and oxygen atoms in total. The van der Waals surface area contributed by atoms with Gasteiger partial charge in [-0.3, -0.25) is 9.59 Å². The first kappa shape index (κ1) is 13.5. The normalized spacial score (nSPS) is 20.9. The van der Waals surface area contributed by atoms with Gasteiger partial charge in [-0.15, -0.1) is 0 Å². The molecule has 0 spiro atoms. The number of hydrogen-bond donors (Lipinski definition) is 2. The Kier molecular flexibility index (Phi) is 4.13. The van der Waals surface area contributed by atoms with Crippen molar-refractivity contribution in [1.82, 2.24) is 4.90 Å². The van der Waals surface area contributed by atoms with Crippen LogP contribution in [0.3, 0.4) is 0 Å². The molecule has 0 aliphatic carbocycles. The van der Waals surface area contributed by atoms with Gasteiger partial charge in [0.25, 0.3) is 0 Å². The highest BCUT2D eigenvalue weighted by Gasteiger charge is 2.30. The molecule has 1 aliphatic rings. The lowest BCUT2D eigenvalue weighted by atomic mass is 10.1. The summed E-state index contributed by atoms with van der Waals surface area (Å²) in [6.07, 6.45) is -0.749. The monoisotopic (exact) mass is 263 g/mol. The number of ether oxygens (including phenoxy) is 1. The summed E-state index contributed by atoms with van der Waals surface area (Å²) in [7, 11) is 0. The second kappa shape index (κ2) is 5.81. The third-order valence-electron chi connectivity index (χ3n) is 3.12. The van der Waals surface area contributed by atoms with Gasteiger partial charge >= 0.3 is 0 Å². The van der Waals surface area contributed by atoms with E-state index in [0.717, 1.165) is 5.56 Å². The molecule has 1 heterocycles. The molecule has 1 fully saturated rings. The quantitative estimate of drug-likeness (QED) is 0.760. The number of amides is 2. The lowest BCUT2D eigenvalue weighted by Crippen LogP contribution is -2.52. The van der Waals surface area contributed by atoms with Crippen LogP contribution in [0.1, 0.15) is 11.6 Å². The smallest absolute Gasteiger partial charge is 0.248 e. The van der Waals surface area contributed by atoms with Crippen LogP contribution >= 0.6 is 0 Å². The zero-order valence-electron chi connectivity index (χ0n) is 10.5. The predicted molar refractivity (Wildman–Crippen MR) is 68.9 cm³/mol. The van der Waals surface area contributed by atoms with Crippen molar-refractivity contribution in [2.75, 3.05) is 19.7 Å². The summed E-state index contributed by atoms with van der Waals surface area (Å²) in [5.74, 6) is -0.786. The summed E-state index contributed by atoms with van der Waals surface area (Å²) < 4.78 is 5.20. The van der Waals surface area contributed by atoms with Crippen LogP contribution in [0, 0.1) is 0 Å². The standard InChI is InChI=1S/C13H17N3O3/c14-11(9-4-2-1-3-5-9)13(18)16-6-7-19-10(8-16)12(15)17/h1-5,10-11H,6-8,14H2,(H2,15,17). The lowest BCUT2D eigenvalue weighted by Gasteiger charge is -2.33.